The summed E-state index contributed by atoms with van der Waals surface area (Å²) in [4.78, 5) is 0. The van der Waals surface area contributed by atoms with Crippen LogP contribution in [-0.2, 0) is 0 Å². The molecule has 0 aliphatic heterocycles. The smallest absolute Gasteiger partial charge is 0.0540 e. The van der Waals surface area contributed by atoms with E-state index in [1.54, 1.807) is 0 Å². The summed E-state index contributed by atoms with van der Waals surface area (Å²) in [5.41, 5.74) is 0. The normalized spacial score (nSPS) is 13.1. The monoisotopic (exact) mass is 406 g/mol. The Bertz CT molecular complexity index is 344. The molecule has 0 aromatic carbocycles. The van der Waals surface area contributed by atoms with Crippen molar-refractivity contribution in [1.29, 1.82) is 0 Å². The van der Waals surface area contributed by atoms with Crippen molar-refractivity contribution >= 4 is 0 Å². The molecule has 1 N–H and O–H groups in total. The molecule has 0 saturated carbocycles. The van der Waals surface area contributed by atoms with E-state index in [4.69, 9.17) is 0 Å². The van der Waals surface area contributed by atoms with E-state index in [2.05, 4.69) is 38.2 Å². The van der Waals surface area contributed by atoms with Gasteiger partial charge in [0.25, 0.3) is 0 Å². The van der Waals surface area contributed by atoms with E-state index in [-0.39, 0.29) is 6.10 Å². The molecule has 0 aliphatic rings. The van der Waals surface area contributed by atoms with E-state index in [0.29, 0.717) is 0 Å². The van der Waals surface area contributed by atoms with Crippen LogP contribution in [0.1, 0.15) is 149 Å². The van der Waals surface area contributed by atoms with E-state index in [9.17, 15) is 5.11 Å². The Morgan fingerprint density at radius 3 is 1.38 bits per heavy atom. The molecule has 1 atom stereocenters. The van der Waals surface area contributed by atoms with Gasteiger partial charge < -0.3 is 5.11 Å². The third-order valence-corrected chi connectivity index (χ3v) is 5.88. The second-order valence-electron chi connectivity index (χ2n) is 8.94. The Morgan fingerprint density at radius 2 is 0.862 bits per heavy atom. The van der Waals surface area contributed by atoms with Crippen molar-refractivity contribution in [2.24, 2.45) is 0 Å². The quantitative estimate of drug-likeness (QED) is 0.132. The Balaban J connectivity index is 3.23. The topological polar surface area (TPSA) is 20.2 Å². The number of unbranched alkanes of at least 4 members (excludes halogenated alkanes) is 15. The predicted molar refractivity (Wildman–Crippen MR) is 133 cm³/mol. The summed E-state index contributed by atoms with van der Waals surface area (Å²) >= 11 is 0. The molecule has 1 nitrogen and oxygen atoms in total. The van der Waals surface area contributed by atoms with E-state index in [1.165, 1.54) is 116 Å². The molecule has 172 valence electrons. The highest BCUT2D eigenvalue weighted by molar-refractivity contribution is 4.92. The van der Waals surface area contributed by atoms with E-state index in [1.807, 2.05) is 0 Å². The minimum absolute atomic E-state index is 0.0449. The zero-order valence-electron chi connectivity index (χ0n) is 20.2. The Hall–Kier alpha value is -0.560. The van der Waals surface area contributed by atoms with Gasteiger partial charge in [0, 0.05) is 0 Å². The summed E-state index contributed by atoms with van der Waals surface area (Å²) in [6.45, 7) is 4.53. The van der Waals surface area contributed by atoms with Crippen LogP contribution in [0.3, 0.4) is 0 Å². The van der Waals surface area contributed by atoms with Crippen molar-refractivity contribution < 1.29 is 5.11 Å². The van der Waals surface area contributed by atoms with Crippen molar-refractivity contribution in [3.63, 3.8) is 0 Å². The lowest BCUT2D eigenvalue weighted by Crippen LogP contribution is -2.05. The summed E-state index contributed by atoms with van der Waals surface area (Å²) in [5.74, 6) is 0. The highest BCUT2D eigenvalue weighted by Gasteiger charge is 2.03. The summed E-state index contributed by atoms with van der Waals surface area (Å²) in [5, 5.41) is 10.1. The lowest BCUT2D eigenvalue weighted by molar-refractivity contribution is 0.147. The van der Waals surface area contributed by atoms with Gasteiger partial charge in [-0.3, -0.25) is 0 Å². The SMILES string of the molecule is CCCCC/C=C\C/C=C\CCCCCCCCC(O)CCCCCCCCC. The van der Waals surface area contributed by atoms with Gasteiger partial charge >= 0.3 is 0 Å². The van der Waals surface area contributed by atoms with Gasteiger partial charge in [-0.25, -0.2) is 0 Å². The first-order valence-corrected chi connectivity index (χ1v) is 13.3. The summed E-state index contributed by atoms with van der Waals surface area (Å²) in [7, 11) is 0. The molecule has 0 bridgehead atoms. The molecule has 0 heterocycles. The zero-order valence-corrected chi connectivity index (χ0v) is 20.2. The first-order valence-electron chi connectivity index (χ1n) is 13.3. The van der Waals surface area contributed by atoms with Crippen LogP contribution in [0.5, 0.6) is 0 Å². The van der Waals surface area contributed by atoms with Gasteiger partial charge in [-0.05, 0) is 44.9 Å². The van der Waals surface area contributed by atoms with Crippen LogP contribution >= 0.6 is 0 Å². The average Bonchev–Trinajstić information content (AvgIpc) is 2.72. The third kappa shape index (κ3) is 25.4. The molecule has 0 fully saturated rings. The fourth-order valence-corrected chi connectivity index (χ4v) is 3.85. The fourth-order valence-electron chi connectivity index (χ4n) is 3.85. The standard InChI is InChI=1S/C28H54O/c1-3-5-7-9-11-12-13-14-15-16-17-18-19-21-23-25-27-28(29)26-24-22-20-10-8-6-4-2/h11-12,14-15,28-29H,3-10,13,16-27H2,1-2H3/b12-11-,15-14-. The molecule has 0 rings (SSSR count). The molecule has 0 radical (unpaired) electrons. The zero-order chi connectivity index (χ0) is 21.3. The minimum atomic E-state index is -0.0449. The van der Waals surface area contributed by atoms with Crippen LogP contribution in [0, 0.1) is 0 Å². The molecule has 0 spiro atoms. The van der Waals surface area contributed by atoms with Crippen LogP contribution in [-0.4, -0.2) is 11.2 Å². The Labute approximate surface area is 184 Å². The molecule has 29 heavy (non-hydrogen) atoms. The van der Waals surface area contributed by atoms with E-state index < -0.39 is 0 Å². The van der Waals surface area contributed by atoms with E-state index >= 15 is 0 Å². The molecule has 0 aliphatic carbocycles. The van der Waals surface area contributed by atoms with Gasteiger partial charge in [-0.15, -0.1) is 0 Å². The van der Waals surface area contributed by atoms with Crippen LogP contribution in [0.15, 0.2) is 24.3 Å². The van der Waals surface area contributed by atoms with Gasteiger partial charge in [0.15, 0.2) is 0 Å². The van der Waals surface area contributed by atoms with Crippen LogP contribution in [0.25, 0.3) is 0 Å². The maximum Gasteiger partial charge on any atom is 0.0540 e. The molecule has 1 unspecified atom stereocenters. The summed E-state index contributed by atoms with van der Waals surface area (Å²) in [6, 6.07) is 0. The van der Waals surface area contributed by atoms with Gasteiger partial charge in [0.05, 0.1) is 6.10 Å². The van der Waals surface area contributed by atoms with Crippen molar-refractivity contribution in [3.8, 4) is 0 Å². The molecular formula is C28H54O. The summed E-state index contributed by atoms with van der Waals surface area (Å²) < 4.78 is 0. The number of aliphatic hydroxyl groups is 1. The molecule has 0 amide bonds. The van der Waals surface area contributed by atoms with Crippen LogP contribution in [0.2, 0.25) is 0 Å². The lowest BCUT2D eigenvalue weighted by Gasteiger charge is -2.10. The predicted octanol–water partition coefficient (Wildman–Crippen LogP) is 9.69. The minimum Gasteiger partial charge on any atom is -0.393 e. The largest absolute Gasteiger partial charge is 0.393 e. The van der Waals surface area contributed by atoms with Crippen LogP contribution in [0.4, 0.5) is 0 Å². The second kappa shape index (κ2) is 25.5. The number of aliphatic hydroxyl groups excluding tert-OH is 1. The van der Waals surface area contributed by atoms with Crippen molar-refractivity contribution in [2.75, 3.05) is 0 Å². The van der Waals surface area contributed by atoms with E-state index in [0.717, 1.165) is 19.3 Å². The molecule has 0 aromatic rings. The molecular weight excluding hydrogens is 352 g/mol. The highest BCUT2D eigenvalue weighted by Crippen LogP contribution is 2.14. The van der Waals surface area contributed by atoms with Crippen molar-refractivity contribution in [1.82, 2.24) is 0 Å². The maximum atomic E-state index is 10.1. The van der Waals surface area contributed by atoms with Gasteiger partial charge in [0.2, 0.25) is 0 Å². The summed E-state index contributed by atoms with van der Waals surface area (Å²) in [6.07, 6.45) is 36.2. The Morgan fingerprint density at radius 1 is 0.483 bits per heavy atom. The Kier molecular flexibility index (Phi) is 25.0. The first kappa shape index (κ1) is 28.4. The van der Waals surface area contributed by atoms with Gasteiger partial charge in [-0.2, -0.15) is 0 Å². The fraction of sp³-hybridized carbons (Fsp3) is 0.857. The number of rotatable bonds is 23. The van der Waals surface area contributed by atoms with Gasteiger partial charge in [0.1, 0.15) is 0 Å². The molecule has 1 heteroatoms. The number of hydrogen-bond donors (Lipinski definition) is 1. The average molecular weight is 407 g/mol. The molecule has 0 aromatic heterocycles. The maximum absolute atomic E-state index is 10.1. The third-order valence-electron chi connectivity index (χ3n) is 5.88. The molecule has 0 saturated heterocycles. The van der Waals surface area contributed by atoms with Crippen molar-refractivity contribution in [2.45, 2.75) is 155 Å². The second-order valence-corrected chi connectivity index (χ2v) is 8.94. The number of allylic oxidation sites excluding steroid dienone is 4. The number of hydrogen-bond acceptors (Lipinski definition) is 1. The first-order chi connectivity index (χ1) is 14.3. The highest BCUT2D eigenvalue weighted by atomic mass is 16.3. The van der Waals surface area contributed by atoms with Gasteiger partial charge in [-0.1, -0.05) is 128 Å². The van der Waals surface area contributed by atoms with Crippen LogP contribution < -0.4 is 0 Å². The lowest BCUT2D eigenvalue weighted by atomic mass is 10.0. The van der Waals surface area contributed by atoms with Crippen molar-refractivity contribution in [3.05, 3.63) is 24.3 Å².